The Hall–Kier alpha value is -2.69. The number of ether oxygens (including phenoxy) is 1. The number of hydrogen-bond acceptors (Lipinski definition) is 4. The van der Waals surface area contributed by atoms with Crippen LogP contribution >= 0.6 is 0 Å². The molecule has 0 bridgehead atoms. The monoisotopic (exact) mass is 271 g/mol. The van der Waals surface area contributed by atoms with Gasteiger partial charge in [0.2, 0.25) is 0 Å². The summed E-state index contributed by atoms with van der Waals surface area (Å²) in [4.78, 5) is 22.2. The second-order valence-corrected chi connectivity index (χ2v) is 4.46. The van der Waals surface area contributed by atoms with Gasteiger partial charge < -0.3 is 4.74 Å². The van der Waals surface area contributed by atoms with E-state index in [1.165, 1.54) is 18.2 Å². The van der Waals surface area contributed by atoms with Crippen LogP contribution in [0.1, 0.15) is 21.5 Å². The molecule has 2 aromatic rings. The quantitative estimate of drug-likeness (QED) is 0.371. The number of esters is 1. The molecule has 0 fully saturated rings. The van der Waals surface area contributed by atoms with E-state index in [1.807, 2.05) is 13.0 Å². The van der Waals surface area contributed by atoms with E-state index in [9.17, 15) is 14.9 Å². The minimum Gasteiger partial charge on any atom is -0.423 e. The zero-order valence-corrected chi connectivity index (χ0v) is 11.1. The third-order valence-electron chi connectivity index (χ3n) is 2.83. The van der Waals surface area contributed by atoms with Crippen molar-refractivity contribution in [2.24, 2.45) is 0 Å². The molecule has 102 valence electrons. The van der Waals surface area contributed by atoms with Crippen molar-refractivity contribution < 1.29 is 14.5 Å². The molecule has 0 aliphatic carbocycles. The fraction of sp³-hybridized carbons (Fsp3) is 0.133. The van der Waals surface area contributed by atoms with Crippen molar-refractivity contribution in [3.63, 3.8) is 0 Å². The Morgan fingerprint density at radius 3 is 2.50 bits per heavy atom. The number of rotatable bonds is 3. The minimum absolute atomic E-state index is 0.0166. The lowest BCUT2D eigenvalue weighted by molar-refractivity contribution is -0.385. The molecule has 0 saturated heterocycles. The average molecular weight is 271 g/mol. The zero-order valence-electron chi connectivity index (χ0n) is 11.1. The van der Waals surface area contributed by atoms with Crippen LogP contribution in [0.2, 0.25) is 0 Å². The van der Waals surface area contributed by atoms with E-state index >= 15 is 0 Å². The highest BCUT2D eigenvalue weighted by Crippen LogP contribution is 2.20. The number of nitro benzene ring substituents is 1. The number of benzene rings is 2. The van der Waals surface area contributed by atoms with Crippen molar-refractivity contribution in [2.45, 2.75) is 13.8 Å². The van der Waals surface area contributed by atoms with Gasteiger partial charge in [-0.05, 0) is 43.7 Å². The van der Waals surface area contributed by atoms with Crippen molar-refractivity contribution in [1.29, 1.82) is 0 Å². The van der Waals surface area contributed by atoms with E-state index in [1.54, 1.807) is 25.1 Å². The zero-order chi connectivity index (χ0) is 14.7. The van der Waals surface area contributed by atoms with Crippen LogP contribution in [-0.2, 0) is 0 Å². The topological polar surface area (TPSA) is 69.4 Å². The molecule has 0 spiro atoms. The summed E-state index contributed by atoms with van der Waals surface area (Å²) in [7, 11) is 0. The second kappa shape index (κ2) is 5.52. The van der Waals surface area contributed by atoms with Crippen molar-refractivity contribution in [2.75, 3.05) is 0 Å². The van der Waals surface area contributed by atoms with Crippen LogP contribution in [0.25, 0.3) is 0 Å². The highest BCUT2D eigenvalue weighted by Gasteiger charge is 2.15. The Morgan fingerprint density at radius 2 is 1.90 bits per heavy atom. The standard InChI is InChI=1S/C15H13NO4/c1-10-4-3-5-13(8-10)20-15(17)12-6-7-14(16(18)19)11(2)9-12/h3-9H,1-2H3. The molecule has 0 radical (unpaired) electrons. The largest absolute Gasteiger partial charge is 0.423 e. The fourth-order valence-corrected chi connectivity index (χ4v) is 1.83. The van der Waals surface area contributed by atoms with Crippen molar-refractivity contribution in [3.8, 4) is 5.75 Å². The Kier molecular flexibility index (Phi) is 3.79. The molecule has 0 aromatic heterocycles. The van der Waals surface area contributed by atoms with Crippen LogP contribution in [0.15, 0.2) is 42.5 Å². The third-order valence-corrected chi connectivity index (χ3v) is 2.83. The number of hydrogen-bond donors (Lipinski definition) is 0. The summed E-state index contributed by atoms with van der Waals surface area (Å²) in [5.41, 5.74) is 1.68. The summed E-state index contributed by atoms with van der Waals surface area (Å²) >= 11 is 0. The minimum atomic E-state index is -0.534. The number of carbonyl (C=O) groups excluding carboxylic acids is 1. The van der Waals surface area contributed by atoms with E-state index < -0.39 is 10.9 Å². The summed E-state index contributed by atoms with van der Waals surface area (Å²) in [6.45, 7) is 3.48. The molecule has 2 rings (SSSR count). The number of nitro groups is 1. The van der Waals surface area contributed by atoms with Gasteiger partial charge in [0, 0.05) is 11.6 Å². The van der Waals surface area contributed by atoms with Gasteiger partial charge in [0.25, 0.3) is 5.69 Å². The normalized spacial score (nSPS) is 10.1. The number of carbonyl (C=O) groups is 1. The van der Waals surface area contributed by atoms with Crippen molar-refractivity contribution in [3.05, 3.63) is 69.3 Å². The second-order valence-electron chi connectivity index (χ2n) is 4.46. The molecule has 0 N–H and O–H groups in total. The van der Waals surface area contributed by atoms with Crippen molar-refractivity contribution >= 4 is 11.7 Å². The molecule has 0 saturated carbocycles. The number of nitrogens with zero attached hydrogens (tertiary/aromatic N) is 1. The van der Waals surface area contributed by atoms with Crippen LogP contribution in [0.4, 0.5) is 5.69 Å². The molecule has 5 nitrogen and oxygen atoms in total. The third kappa shape index (κ3) is 3.00. The fourth-order valence-electron chi connectivity index (χ4n) is 1.83. The van der Waals surface area contributed by atoms with Crippen LogP contribution in [0, 0.1) is 24.0 Å². The first-order chi connectivity index (χ1) is 9.47. The highest BCUT2D eigenvalue weighted by atomic mass is 16.6. The van der Waals surface area contributed by atoms with Crippen LogP contribution in [-0.4, -0.2) is 10.9 Å². The maximum atomic E-state index is 12.0. The van der Waals surface area contributed by atoms with Gasteiger partial charge in [0.05, 0.1) is 10.5 Å². The first-order valence-electron chi connectivity index (χ1n) is 6.01. The predicted molar refractivity (Wildman–Crippen MR) is 74.0 cm³/mol. The van der Waals surface area contributed by atoms with Gasteiger partial charge in [-0.15, -0.1) is 0 Å². The van der Waals surface area contributed by atoms with Gasteiger partial charge in [0.15, 0.2) is 0 Å². The van der Waals surface area contributed by atoms with E-state index in [0.29, 0.717) is 11.3 Å². The van der Waals surface area contributed by atoms with Crippen LogP contribution in [0.3, 0.4) is 0 Å². The lowest BCUT2D eigenvalue weighted by Crippen LogP contribution is -2.09. The summed E-state index contributed by atoms with van der Waals surface area (Å²) in [5, 5.41) is 10.7. The molecular formula is C15H13NO4. The lowest BCUT2D eigenvalue weighted by Gasteiger charge is -2.06. The van der Waals surface area contributed by atoms with Gasteiger partial charge in [0.1, 0.15) is 5.75 Å². The van der Waals surface area contributed by atoms with Crippen LogP contribution < -0.4 is 4.74 Å². The smallest absolute Gasteiger partial charge is 0.343 e. The molecular weight excluding hydrogens is 258 g/mol. The summed E-state index contributed by atoms with van der Waals surface area (Å²) < 4.78 is 5.23. The summed E-state index contributed by atoms with van der Waals surface area (Å²) in [5.74, 6) is -0.0837. The van der Waals surface area contributed by atoms with Gasteiger partial charge in [-0.1, -0.05) is 12.1 Å². The van der Waals surface area contributed by atoms with E-state index in [2.05, 4.69) is 0 Å². The Balaban J connectivity index is 2.22. The molecule has 5 heteroatoms. The maximum Gasteiger partial charge on any atom is 0.343 e. The summed E-state index contributed by atoms with van der Waals surface area (Å²) in [6.07, 6.45) is 0. The molecule has 0 heterocycles. The molecule has 20 heavy (non-hydrogen) atoms. The molecule has 2 aromatic carbocycles. The van der Waals surface area contributed by atoms with E-state index in [0.717, 1.165) is 5.56 Å². The predicted octanol–water partition coefficient (Wildman–Crippen LogP) is 3.43. The first kappa shape index (κ1) is 13.7. The van der Waals surface area contributed by atoms with E-state index in [-0.39, 0.29) is 11.3 Å². The average Bonchev–Trinajstić information content (AvgIpc) is 2.38. The van der Waals surface area contributed by atoms with Gasteiger partial charge in [-0.2, -0.15) is 0 Å². The SMILES string of the molecule is Cc1cccc(OC(=O)c2ccc([N+](=O)[O-])c(C)c2)c1. The van der Waals surface area contributed by atoms with Crippen molar-refractivity contribution in [1.82, 2.24) is 0 Å². The highest BCUT2D eigenvalue weighted by molar-refractivity contribution is 5.91. The molecule has 0 atom stereocenters. The van der Waals surface area contributed by atoms with E-state index in [4.69, 9.17) is 4.74 Å². The van der Waals surface area contributed by atoms with Gasteiger partial charge >= 0.3 is 5.97 Å². The van der Waals surface area contributed by atoms with Crippen LogP contribution in [0.5, 0.6) is 5.75 Å². The Bertz CT molecular complexity index is 679. The number of aryl methyl sites for hydroxylation is 2. The first-order valence-corrected chi connectivity index (χ1v) is 6.01. The lowest BCUT2D eigenvalue weighted by atomic mass is 10.1. The molecule has 0 unspecified atom stereocenters. The van der Waals surface area contributed by atoms with Gasteiger partial charge in [-0.3, -0.25) is 10.1 Å². The molecule has 0 amide bonds. The maximum absolute atomic E-state index is 12.0. The van der Waals surface area contributed by atoms with Gasteiger partial charge in [-0.25, -0.2) is 4.79 Å². The Morgan fingerprint density at radius 1 is 1.15 bits per heavy atom. The molecule has 0 aliphatic rings. The summed E-state index contributed by atoms with van der Waals surface area (Å²) in [6, 6.07) is 11.3. The Labute approximate surface area is 116 Å². The molecule has 0 aliphatic heterocycles.